The Morgan fingerprint density at radius 3 is 2.85 bits per heavy atom. The zero-order chi connectivity index (χ0) is 14.2. The Morgan fingerprint density at radius 1 is 1.50 bits per heavy atom. The Balaban J connectivity index is 1.54. The van der Waals surface area contributed by atoms with Crippen LogP contribution in [0.1, 0.15) is 45.1 Å². The minimum Gasteiger partial charge on any atom is -0.368 e. The van der Waals surface area contributed by atoms with Gasteiger partial charge in [0, 0.05) is 11.8 Å². The third-order valence-electron chi connectivity index (χ3n) is 3.83. The van der Waals surface area contributed by atoms with Crippen LogP contribution in [0.3, 0.4) is 0 Å². The minimum absolute atomic E-state index is 0.285. The zero-order valence-electron chi connectivity index (χ0n) is 11.6. The lowest BCUT2D eigenvalue weighted by Gasteiger charge is -2.27. The van der Waals surface area contributed by atoms with E-state index in [-0.39, 0.29) is 5.91 Å². The van der Waals surface area contributed by atoms with Crippen LogP contribution in [0.4, 0.5) is 0 Å². The summed E-state index contributed by atoms with van der Waals surface area (Å²) in [5.41, 5.74) is 4.91. The van der Waals surface area contributed by atoms with Gasteiger partial charge in [0.2, 0.25) is 11.1 Å². The number of hydrogen-bond donors (Lipinski definition) is 2. The van der Waals surface area contributed by atoms with Gasteiger partial charge < -0.3 is 11.1 Å². The number of primary amides is 1. The summed E-state index contributed by atoms with van der Waals surface area (Å²) in [6.45, 7) is 1.89. The minimum atomic E-state index is -0.633. The second-order valence-electron chi connectivity index (χ2n) is 5.85. The highest BCUT2D eigenvalue weighted by molar-refractivity contribution is 7.99. The summed E-state index contributed by atoms with van der Waals surface area (Å²) < 4.78 is 1.89. The molecule has 0 bridgehead atoms. The molecule has 1 aromatic heterocycles. The van der Waals surface area contributed by atoms with Crippen molar-refractivity contribution in [2.24, 2.45) is 5.73 Å². The molecule has 20 heavy (non-hydrogen) atoms. The molecule has 1 aromatic rings. The maximum Gasteiger partial charge on any atom is 0.237 e. The third kappa shape index (κ3) is 3.12. The van der Waals surface area contributed by atoms with Gasteiger partial charge in [-0.2, -0.15) is 0 Å². The highest BCUT2D eigenvalue weighted by Gasteiger charge is 2.37. The first-order valence-electron chi connectivity index (χ1n) is 7.07. The number of amides is 1. The molecule has 1 heterocycles. The Bertz CT molecular complexity index is 498. The third-order valence-corrected chi connectivity index (χ3v) is 4.77. The van der Waals surface area contributed by atoms with E-state index in [4.69, 9.17) is 5.73 Å². The largest absolute Gasteiger partial charge is 0.368 e. The van der Waals surface area contributed by atoms with Gasteiger partial charge in [-0.3, -0.25) is 4.79 Å². The van der Waals surface area contributed by atoms with Crippen LogP contribution in [0.15, 0.2) is 5.16 Å². The fourth-order valence-corrected chi connectivity index (χ4v) is 3.22. The molecular formula is C12H20N6OS. The monoisotopic (exact) mass is 296 g/mol. The molecule has 1 atom stereocenters. The van der Waals surface area contributed by atoms with Crippen LogP contribution in [0.25, 0.3) is 0 Å². The lowest BCUT2D eigenvalue weighted by molar-refractivity contribution is -0.124. The Morgan fingerprint density at radius 2 is 2.25 bits per heavy atom. The molecule has 2 saturated carbocycles. The van der Waals surface area contributed by atoms with Gasteiger partial charge in [0.25, 0.3) is 0 Å². The molecule has 110 valence electrons. The summed E-state index contributed by atoms with van der Waals surface area (Å²) in [7, 11) is 0. The van der Waals surface area contributed by atoms with Crippen molar-refractivity contribution < 1.29 is 4.79 Å². The standard InChI is InChI=1S/C12H20N6OS/c1-12(10(13)19,14-8-2-3-8)6-7-20-11-15-16-17-18(11)9-4-5-9/h8-9,14H,2-7H2,1H3,(H2,13,19). The lowest BCUT2D eigenvalue weighted by atomic mass is 9.98. The molecule has 0 spiro atoms. The first-order chi connectivity index (χ1) is 9.58. The predicted octanol–water partition coefficient (Wildman–Crippen LogP) is 0.486. The Labute approximate surface area is 122 Å². The van der Waals surface area contributed by atoms with Gasteiger partial charge in [0.15, 0.2) is 0 Å². The van der Waals surface area contributed by atoms with Crippen molar-refractivity contribution >= 4 is 17.7 Å². The molecule has 2 fully saturated rings. The number of nitrogens with zero attached hydrogens (tertiary/aromatic N) is 4. The SMILES string of the molecule is CC(CCSc1nnnn1C1CC1)(NC1CC1)C(N)=O. The van der Waals surface area contributed by atoms with Crippen molar-refractivity contribution in [3.8, 4) is 0 Å². The van der Waals surface area contributed by atoms with Gasteiger partial charge >= 0.3 is 0 Å². The van der Waals surface area contributed by atoms with E-state index in [0.29, 0.717) is 18.5 Å². The molecule has 0 aliphatic heterocycles. The topological polar surface area (TPSA) is 98.7 Å². The average molecular weight is 296 g/mol. The van der Waals surface area contributed by atoms with Gasteiger partial charge in [0.05, 0.1) is 11.6 Å². The van der Waals surface area contributed by atoms with Crippen LogP contribution in [0, 0.1) is 0 Å². The molecule has 0 aromatic carbocycles. The number of nitrogens with one attached hydrogen (secondary N) is 1. The van der Waals surface area contributed by atoms with Crippen LogP contribution in [-0.4, -0.2) is 43.4 Å². The number of hydrogen-bond acceptors (Lipinski definition) is 6. The molecule has 2 aliphatic carbocycles. The summed E-state index contributed by atoms with van der Waals surface area (Å²) >= 11 is 1.59. The van der Waals surface area contributed by atoms with Crippen molar-refractivity contribution in [3.05, 3.63) is 0 Å². The van der Waals surface area contributed by atoms with Gasteiger partial charge in [0.1, 0.15) is 0 Å². The van der Waals surface area contributed by atoms with Crippen LogP contribution >= 0.6 is 11.8 Å². The second-order valence-corrected chi connectivity index (χ2v) is 6.91. The number of carbonyl (C=O) groups is 1. The zero-order valence-corrected chi connectivity index (χ0v) is 12.4. The smallest absolute Gasteiger partial charge is 0.237 e. The van der Waals surface area contributed by atoms with Crippen molar-refractivity contribution in [2.45, 2.75) is 61.8 Å². The van der Waals surface area contributed by atoms with E-state index in [1.54, 1.807) is 11.8 Å². The molecule has 1 unspecified atom stereocenters. The van der Waals surface area contributed by atoms with Crippen molar-refractivity contribution in [1.82, 2.24) is 25.5 Å². The Hall–Kier alpha value is -1.15. The number of aromatic nitrogens is 4. The summed E-state index contributed by atoms with van der Waals surface area (Å²) in [4.78, 5) is 11.7. The van der Waals surface area contributed by atoms with Gasteiger partial charge in [-0.25, -0.2) is 4.68 Å². The first-order valence-corrected chi connectivity index (χ1v) is 8.05. The van der Waals surface area contributed by atoms with E-state index in [1.165, 1.54) is 0 Å². The lowest BCUT2D eigenvalue weighted by Crippen LogP contribution is -2.54. The number of nitrogens with two attached hydrogens (primary N) is 1. The fraction of sp³-hybridized carbons (Fsp3) is 0.833. The summed E-state index contributed by atoms with van der Waals surface area (Å²) in [6, 6.07) is 0.925. The van der Waals surface area contributed by atoms with Crippen LogP contribution in [-0.2, 0) is 4.79 Å². The molecule has 8 heteroatoms. The van der Waals surface area contributed by atoms with Gasteiger partial charge in [-0.05, 0) is 49.5 Å². The number of rotatable bonds is 8. The molecule has 0 radical (unpaired) electrons. The van der Waals surface area contributed by atoms with Crippen LogP contribution < -0.4 is 11.1 Å². The maximum atomic E-state index is 11.7. The summed E-state index contributed by atoms with van der Waals surface area (Å²) in [6.07, 6.45) is 5.26. The first kappa shape index (κ1) is 13.8. The maximum absolute atomic E-state index is 11.7. The molecule has 3 N–H and O–H groups in total. The normalized spacial score (nSPS) is 21.6. The second kappa shape index (κ2) is 5.33. The molecular weight excluding hydrogens is 276 g/mol. The van der Waals surface area contributed by atoms with E-state index in [1.807, 2.05) is 11.6 Å². The van der Waals surface area contributed by atoms with E-state index < -0.39 is 5.54 Å². The summed E-state index contributed by atoms with van der Waals surface area (Å²) in [5.74, 6) is 0.485. The predicted molar refractivity (Wildman–Crippen MR) is 75.2 cm³/mol. The molecule has 2 aliphatic rings. The van der Waals surface area contributed by atoms with Crippen molar-refractivity contribution in [3.63, 3.8) is 0 Å². The highest BCUT2D eigenvalue weighted by Crippen LogP contribution is 2.36. The fourth-order valence-electron chi connectivity index (χ4n) is 2.12. The summed E-state index contributed by atoms with van der Waals surface area (Å²) in [5, 5.41) is 16.0. The highest BCUT2D eigenvalue weighted by atomic mass is 32.2. The number of carbonyl (C=O) groups excluding carboxylic acids is 1. The molecule has 0 saturated heterocycles. The van der Waals surface area contributed by atoms with E-state index in [0.717, 1.165) is 36.6 Å². The van der Waals surface area contributed by atoms with E-state index in [9.17, 15) is 4.79 Å². The molecule has 1 amide bonds. The average Bonchev–Trinajstić information content (AvgIpc) is 3.32. The van der Waals surface area contributed by atoms with Crippen LogP contribution in [0.2, 0.25) is 0 Å². The van der Waals surface area contributed by atoms with Crippen molar-refractivity contribution in [1.29, 1.82) is 0 Å². The van der Waals surface area contributed by atoms with Crippen molar-refractivity contribution in [2.75, 3.05) is 5.75 Å². The quantitative estimate of drug-likeness (QED) is 0.677. The molecule has 3 rings (SSSR count). The van der Waals surface area contributed by atoms with Gasteiger partial charge in [-0.15, -0.1) is 5.10 Å². The number of thioether (sulfide) groups is 1. The number of tetrazole rings is 1. The molecule has 7 nitrogen and oxygen atoms in total. The van der Waals surface area contributed by atoms with E-state index in [2.05, 4.69) is 20.8 Å². The van der Waals surface area contributed by atoms with E-state index >= 15 is 0 Å². The van der Waals surface area contributed by atoms with Gasteiger partial charge in [-0.1, -0.05) is 11.8 Å². The van der Waals surface area contributed by atoms with Crippen LogP contribution in [0.5, 0.6) is 0 Å². The Kier molecular flexibility index (Phi) is 3.68.